The van der Waals surface area contributed by atoms with Crippen LogP contribution in [0.4, 0.5) is 0 Å². The minimum Gasteiger partial charge on any atom is -0.352 e. The van der Waals surface area contributed by atoms with Crippen molar-refractivity contribution >= 4 is 23.7 Å². The molecule has 2 saturated heterocycles. The van der Waals surface area contributed by atoms with E-state index in [0.29, 0.717) is 5.92 Å². The highest BCUT2D eigenvalue weighted by Crippen LogP contribution is 2.26. The molecule has 124 valence electrons. The Morgan fingerprint density at radius 3 is 2.70 bits per heavy atom. The van der Waals surface area contributed by atoms with Crippen LogP contribution < -0.4 is 5.32 Å². The van der Waals surface area contributed by atoms with Gasteiger partial charge in [0.15, 0.2) is 0 Å². The molecule has 0 bridgehead atoms. The molecule has 0 radical (unpaired) electrons. The minimum atomic E-state index is 0.0171. The van der Waals surface area contributed by atoms with Crippen molar-refractivity contribution in [3.8, 4) is 0 Å². The molecule has 1 atom stereocenters. The van der Waals surface area contributed by atoms with Gasteiger partial charge >= 0.3 is 0 Å². The minimum absolute atomic E-state index is 0.0171. The number of nitrogens with zero attached hydrogens (tertiary/aromatic N) is 1. The molecule has 4 heteroatoms. The van der Waals surface area contributed by atoms with Crippen LogP contribution in [0.1, 0.15) is 24.8 Å². The maximum Gasteiger partial charge on any atom is 0.244 e. The van der Waals surface area contributed by atoms with E-state index in [1.165, 1.54) is 43.9 Å². The van der Waals surface area contributed by atoms with E-state index in [4.69, 9.17) is 0 Å². The van der Waals surface area contributed by atoms with Crippen LogP contribution in [0.15, 0.2) is 36.4 Å². The molecule has 0 aliphatic carbocycles. The van der Waals surface area contributed by atoms with Crippen molar-refractivity contribution in [2.75, 3.05) is 31.1 Å². The number of likely N-dealkylation sites (tertiary alicyclic amines) is 1. The second kappa shape index (κ2) is 8.55. The smallest absolute Gasteiger partial charge is 0.244 e. The molecular weight excluding hydrogens is 304 g/mol. The summed E-state index contributed by atoms with van der Waals surface area (Å²) in [4.78, 5) is 14.6. The van der Waals surface area contributed by atoms with Gasteiger partial charge in [-0.05, 0) is 55.7 Å². The Kier molecular flexibility index (Phi) is 6.17. The fraction of sp³-hybridized carbons (Fsp3) is 0.526. The predicted octanol–water partition coefficient (Wildman–Crippen LogP) is 3.03. The van der Waals surface area contributed by atoms with E-state index >= 15 is 0 Å². The highest BCUT2D eigenvalue weighted by atomic mass is 32.2. The standard InChI is InChI=1S/C19H26N2OS/c22-19(7-6-16-4-2-1-3-5-16)20-14-17-8-11-21(12-9-17)18-10-13-23-15-18/h1-7,17-18H,8-15H2,(H,20,22)/b7-6+/t18-/m1/s1. The van der Waals surface area contributed by atoms with Crippen LogP contribution in [-0.2, 0) is 4.79 Å². The maximum atomic E-state index is 11.9. The summed E-state index contributed by atoms with van der Waals surface area (Å²) < 4.78 is 0. The van der Waals surface area contributed by atoms with E-state index in [1.54, 1.807) is 6.08 Å². The van der Waals surface area contributed by atoms with E-state index in [-0.39, 0.29) is 5.91 Å². The normalized spacial score (nSPS) is 23.4. The second-order valence-electron chi connectivity index (χ2n) is 6.49. The van der Waals surface area contributed by atoms with Gasteiger partial charge in [-0.15, -0.1) is 0 Å². The van der Waals surface area contributed by atoms with Crippen molar-refractivity contribution in [2.24, 2.45) is 5.92 Å². The fourth-order valence-corrected chi connectivity index (χ4v) is 4.63. The largest absolute Gasteiger partial charge is 0.352 e. The highest BCUT2D eigenvalue weighted by Gasteiger charge is 2.27. The molecule has 1 amide bonds. The number of benzene rings is 1. The summed E-state index contributed by atoms with van der Waals surface area (Å²) in [6.45, 7) is 3.21. The third kappa shape index (κ3) is 5.11. The molecule has 1 aromatic carbocycles. The summed E-state index contributed by atoms with van der Waals surface area (Å²) in [6, 6.07) is 10.8. The Bertz CT molecular complexity index is 517. The number of carbonyl (C=O) groups excluding carboxylic acids is 1. The van der Waals surface area contributed by atoms with Gasteiger partial charge in [0.05, 0.1) is 0 Å². The lowest BCUT2D eigenvalue weighted by Crippen LogP contribution is -2.43. The number of carbonyl (C=O) groups is 1. The molecule has 3 rings (SSSR count). The molecule has 2 fully saturated rings. The van der Waals surface area contributed by atoms with Crippen LogP contribution in [0, 0.1) is 5.92 Å². The third-order valence-corrected chi connectivity index (χ3v) is 6.01. The average molecular weight is 330 g/mol. The van der Waals surface area contributed by atoms with Gasteiger partial charge in [-0.1, -0.05) is 30.3 Å². The monoisotopic (exact) mass is 330 g/mol. The lowest BCUT2D eigenvalue weighted by Gasteiger charge is -2.35. The van der Waals surface area contributed by atoms with E-state index in [0.717, 1.165) is 18.2 Å². The number of amides is 1. The van der Waals surface area contributed by atoms with E-state index in [2.05, 4.69) is 22.0 Å². The molecule has 0 spiro atoms. The third-order valence-electron chi connectivity index (χ3n) is 4.86. The molecule has 3 nitrogen and oxygen atoms in total. The summed E-state index contributed by atoms with van der Waals surface area (Å²) in [5.41, 5.74) is 1.06. The van der Waals surface area contributed by atoms with Crippen LogP contribution >= 0.6 is 11.8 Å². The average Bonchev–Trinajstić information content (AvgIpc) is 3.14. The molecule has 0 aromatic heterocycles. The van der Waals surface area contributed by atoms with Gasteiger partial charge in [0, 0.05) is 24.4 Å². The molecule has 23 heavy (non-hydrogen) atoms. The molecule has 0 saturated carbocycles. The maximum absolute atomic E-state index is 11.9. The van der Waals surface area contributed by atoms with Crippen molar-refractivity contribution in [1.82, 2.24) is 10.2 Å². The Balaban J connectivity index is 1.36. The van der Waals surface area contributed by atoms with Crippen molar-refractivity contribution < 1.29 is 4.79 Å². The Hall–Kier alpha value is -1.26. The van der Waals surface area contributed by atoms with Gasteiger partial charge in [0.2, 0.25) is 5.91 Å². The molecule has 2 aliphatic heterocycles. The Labute approximate surface area is 143 Å². The molecule has 2 heterocycles. The summed E-state index contributed by atoms with van der Waals surface area (Å²) in [7, 11) is 0. The first kappa shape index (κ1) is 16.6. The fourth-order valence-electron chi connectivity index (χ4n) is 3.37. The Morgan fingerprint density at radius 2 is 2.00 bits per heavy atom. The summed E-state index contributed by atoms with van der Waals surface area (Å²) in [5, 5.41) is 3.06. The second-order valence-corrected chi connectivity index (χ2v) is 7.64. The number of thioether (sulfide) groups is 1. The molecule has 1 N–H and O–H groups in total. The van der Waals surface area contributed by atoms with Crippen LogP contribution in [0.25, 0.3) is 6.08 Å². The van der Waals surface area contributed by atoms with E-state index < -0.39 is 0 Å². The molecular formula is C19H26N2OS. The first-order valence-corrected chi connectivity index (χ1v) is 9.79. The Morgan fingerprint density at radius 1 is 1.22 bits per heavy atom. The SMILES string of the molecule is O=C(/C=C/c1ccccc1)NCC1CCN([C@@H]2CCSC2)CC1. The van der Waals surface area contributed by atoms with Gasteiger partial charge in [0.1, 0.15) is 0 Å². The number of rotatable bonds is 5. The molecule has 2 aliphatic rings. The summed E-state index contributed by atoms with van der Waals surface area (Å²) in [5.74, 6) is 3.29. The summed E-state index contributed by atoms with van der Waals surface area (Å²) in [6.07, 6.45) is 7.29. The number of hydrogen-bond acceptors (Lipinski definition) is 3. The lowest BCUT2D eigenvalue weighted by molar-refractivity contribution is -0.116. The van der Waals surface area contributed by atoms with Crippen molar-refractivity contribution in [3.63, 3.8) is 0 Å². The molecule has 1 aromatic rings. The van der Waals surface area contributed by atoms with Crippen LogP contribution in [-0.4, -0.2) is 48.0 Å². The number of hydrogen-bond donors (Lipinski definition) is 1. The first-order valence-electron chi connectivity index (χ1n) is 8.64. The van der Waals surface area contributed by atoms with Crippen LogP contribution in [0.3, 0.4) is 0 Å². The van der Waals surface area contributed by atoms with Gasteiger partial charge in [0.25, 0.3) is 0 Å². The summed E-state index contributed by atoms with van der Waals surface area (Å²) >= 11 is 2.09. The van der Waals surface area contributed by atoms with Crippen LogP contribution in [0.5, 0.6) is 0 Å². The van der Waals surface area contributed by atoms with E-state index in [9.17, 15) is 4.79 Å². The van der Waals surface area contributed by atoms with Gasteiger partial charge in [-0.3, -0.25) is 9.69 Å². The van der Waals surface area contributed by atoms with Gasteiger partial charge in [-0.2, -0.15) is 11.8 Å². The van der Waals surface area contributed by atoms with Gasteiger partial charge in [-0.25, -0.2) is 0 Å². The zero-order valence-corrected chi connectivity index (χ0v) is 14.4. The predicted molar refractivity (Wildman–Crippen MR) is 98.5 cm³/mol. The lowest BCUT2D eigenvalue weighted by atomic mass is 9.95. The van der Waals surface area contributed by atoms with Crippen molar-refractivity contribution in [2.45, 2.75) is 25.3 Å². The quantitative estimate of drug-likeness (QED) is 0.842. The first-order chi connectivity index (χ1) is 11.3. The number of piperidine rings is 1. The topological polar surface area (TPSA) is 32.3 Å². The van der Waals surface area contributed by atoms with E-state index in [1.807, 2.05) is 36.4 Å². The zero-order chi connectivity index (χ0) is 15.9. The van der Waals surface area contributed by atoms with Crippen molar-refractivity contribution in [1.29, 1.82) is 0 Å². The number of nitrogens with one attached hydrogen (secondary N) is 1. The zero-order valence-electron chi connectivity index (χ0n) is 13.6. The van der Waals surface area contributed by atoms with Crippen molar-refractivity contribution in [3.05, 3.63) is 42.0 Å². The van der Waals surface area contributed by atoms with Crippen LogP contribution in [0.2, 0.25) is 0 Å². The molecule has 0 unspecified atom stereocenters. The van der Waals surface area contributed by atoms with Gasteiger partial charge < -0.3 is 5.32 Å². The highest BCUT2D eigenvalue weighted by molar-refractivity contribution is 7.99.